The fourth-order valence-electron chi connectivity index (χ4n) is 6.50. The van der Waals surface area contributed by atoms with Gasteiger partial charge in [0.25, 0.3) is 0 Å². The minimum absolute atomic E-state index is 0.951. The fraction of sp³-hybridized carbons (Fsp3) is 1.00. The smallest absolute Gasteiger partial charge is 0.338 e. The molecule has 0 aliphatic heterocycles. The summed E-state index contributed by atoms with van der Waals surface area (Å²) in [5, 5.41) is 0. The van der Waals surface area contributed by atoms with Gasteiger partial charge in [0.1, 0.15) is 0 Å². The molecule has 0 spiro atoms. The lowest BCUT2D eigenvalue weighted by molar-refractivity contribution is 0.159. The van der Waals surface area contributed by atoms with Crippen LogP contribution in [0.2, 0.25) is 12.1 Å². The van der Waals surface area contributed by atoms with Crippen molar-refractivity contribution in [3.63, 3.8) is 0 Å². The third-order valence-corrected chi connectivity index (χ3v) is 13.2. The normalized spacial score (nSPS) is 12.0. The first-order valence-electron chi connectivity index (χ1n) is 20.5. The van der Waals surface area contributed by atoms with Crippen molar-refractivity contribution in [1.29, 1.82) is 0 Å². The van der Waals surface area contributed by atoms with E-state index in [1.807, 2.05) is 0 Å². The van der Waals surface area contributed by atoms with E-state index in [0.29, 0.717) is 0 Å². The summed E-state index contributed by atoms with van der Waals surface area (Å²) in [7, 11) is -2.13. The zero-order valence-electron chi connectivity index (χ0n) is 30.8. The molecule has 0 atom stereocenters. The molecule has 0 aromatic carbocycles. The molecule has 0 rings (SSSR count). The van der Waals surface area contributed by atoms with Crippen LogP contribution in [0.1, 0.15) is 233 Å². The maximum Gasteiger partial charge on any atom is 0.338 e. The molecule has 0 aromatic heterocycles. The van der Waals surface area contributed by atoms with Gasteiger partial charge in [-0.05, 0) is 24.9 Å². The van der Waals surface area contributed by atoms with Crippen LogP contribution in [0, 0.1) is 0 Å². The van der Waals surface area contributed by atoms with E-state index in [0.717, 1.165) is 13.2 Å². The third kappa shape index (κ3) is 31.9. The molecule has 0 saturated carbocycles. The molecule has 0 fully saturated rings. The largest absolute Gasteiger partial charge is 0.394 e. The van der Waals surface area contributed by atoms with Gasteiger partial charge in [0, 0.05) is 13.2 Å². The quantitative estimate of drug-likeness (QED) is 0.0502. The minimum atomic E-state index is -2.13. The van der Waals surface area contributed by atoms with Gasteiger partial charge in [0.15, 0.2) is 0 Å². The van der Waals surface area contributed by atoms with E-state index >= 15 is 0 Å². The van der Waals surface area contributed by atoms with Gasteiger partial charge in [0.05, 0.1) is 0 Å². The lowest BCUT2D eigenvalue weighted by Gasteiger charge is -2.31. The van der Waals surface area contributed by atoms with Crippen LogP contribution in [0.15, 0.2) is 0 Å². The molecule has 0 aliphatic carbocycles. The Hall–Kier alpha value is 0.137. The van der Waals surface area contributed by atoms with Crippen LogP contribution in [0.4, 0.5) is 0 Å². The van der Waals surface area contributed by atoms with E-state index < -0.39 is 8.56 Å². The van der Waals surface area contributed by atoms with Gasteiger partial charge in [-0.25, -0.2) is 0 Å². The van der Waals surface area contributed by atoms with E-state index in [2.05, 4.69) is 27.7 Å². The van der Waals surface area contributed by atoms with Crippen LogP contribution in [0.3, 0.4) is 0 Å². The van der Waals surface area contributed by atoms with Crippen LogP contribution < -0.4 is 0 Å². The second-order valence-electron chi connectivity index (χ2n) is 14.0. The molecule has 0 unspecified atom stereocenters. The topological polar surface area (TPSA) is 18.5 Å². The Morgan fingerprint density at radius 1 is 0.256 bits per heavy atom. The number of rotatable bonds is 38. The maximum absolute atomic E-state index is 6.98. The van der Waals surface area contributed by atoms with Crippen molar-refractivity contribution in [2.45, 2.75) is 245 Å². The van der Waals surface area contributed by atoms with Crippen molar-refractivity contribution in [3.05, 3.63) is 0 Å². The van der Waals surface area contributed by atoms with Crippen molar-refractivity contribution in [2.24, 2.45) is 0 Å². The fourth-order valence-corrected chi connectivity index (χ4v) is 10.0. The monoisotopic (exact) mass is 625 g/mol. The molecule has 0 aliphatic rings. The highest BCUT2D eigenvalue weighted by atomic mass is 28.4. The van der Waals surface area contributed by atoms with Gasteiger partial charge < -0.3 is 8.85 Å². The number of unbranched alkanes of at least 4 members (excludes halogenated alkanes) is 28. The molecule has 0 amide bonds. The molecule has 0 saturated heterocycles. The van der Waals surface area contributed by atoms with Crippen molar-refractivity contribution in [1.82, 2.24) is 0 Å². The zero-order chi connectivity index (χ0) is 31.4. The lowest BCUT2D eigenvalue weighted by Crippen LogP contribution is -2.42. The molecular formula is C40H84O2Si. The molecule has 0 N–H and O–H groups in total. The summed E-state index contributed by atoms with van der Waals surface area (Å²) in [6.07, 6.45) is 44.2. The molecule has 0 heterocycles. The van der Waals surface area contributed by atoms with Crippen LogP contribution >= 0.6 is 0 Å². The summed E-state index contributed by atoms with van der Waals surface area (Å²) in [6, 6.07) is 2.49. The van der Waals surface area contributed by atoms with Gasteiger partial charge in [-0.15, -0.1) is 0 Å². The van der Waals surface area contributed by atoms with Crippen LogP contribution in [0.25, 0.3) is 0 Å². The Kier molecular flexibility index (Phi) is 36.7. The first-order chi connectivity index (χ1) is 21.2. The molecule has 0 radical (unpaired) electrons. The predicted molar refractivity (Wildman–Crippen MR) is 198 cm³/mol. The number of hydrogen-bond acceptors (Lipinski definition) is 2. The van der Waals surface area contributed by atoms with Gasteiger partial charge in [-0.3, -0.25) is 0 Å². The van der Waals surface area contributed by atoms with Crippen LogP contribution in [-0.4, -0.2) is 21.8 Å². The van der Waals surface area contributed by atoms with E-state index in [4.69, 9.17) is 8.85 Å². The van der Waals surface area contributed by atoms with Crippen molar-refractivity contribution in [3.8, 4) is 0 Å². The minimum Gasteiger partial charge on any atom is -0.394 e. The van der Waals surface area contributed by atoms with E-state index in [1.165, 1.54) is 218 Å². The highest BCUT2D eigenvalue weighted by molar-refractivity contribution is 6.67. The molecule has 43 heavy (non-hydrogen) atoms. The first-order valence-corrected chi connectivity index (χ1v) is 22.8. The van der Waals surface area contributed by atoms with Gasteiger partial charge >= 0.3 is 8.56 Å². The summed E-state index contributed by atoms with van der Waals surface area (Å²) >= 11 is 0. The Morgan fingerprint density at radius 3 is 0.721 bits per heavy atom. The SMILES string of the molecule is CCCCCCCCCCO[Si](CCCCCCCCCC)(CCCCCCCCCC)OCCCCCCCCCC. The van der Waals surface area contributed by atoms with Gasteiger partial charge in [-0.1, -0.05) is 220 Å². The van der Waals surface area contributed by atoms with Crippen molar-refractivity contribution in [2.75, 3.05) is 13.2 Å². The van der Waals surface area contributed by atoms with E-state index in [9.17, 15) is 0 Å². The van der Waals surface area contributed by atoms with Gasteiger partial charge in [0.2, 0.25) is 0 Å². The Labute approximate surface area is 275 Å². The second-order valence-corrected chi connectivity index (χ2v) is 17.4. The van der Waals surface area contributed by atoms with Crippen molar-refractivity contribution >= 4 is 8.56 Å². The molecule has 0 aromatic rings. The van der Waals surface area contributed by atoms with Crippen molar-refractivity contribution < 1.29 is 8.85 Å². The summed E-state index contributed by atoms with van der Waals surface area (Å²) in [6.45, 7) is 11.2. The average molecular weight is 625 g/mol. The second kappa shape index (κ2) is 36.6. The maximum atomic E-state index is 6.98. The van der Waals surface area contributed by atoms with Gasteiger partial charge in [-0.2, -0.15) is 0 Å². The first kappa shape index (κ1) is 43.1. The summed E-state index contributed by atoms with van der Waals surface area (Å²) < 4.78 is 14.0. The third-order valence-electron chi connectivity index (χ3n) is 9.55. The average Bonchev–Trinajstić information content (AvgIpc) is 3.02. The molecule has 2 nitrogen and oxygen atoms in total. The predicted octanol–water partition coefficient (Wildman–Crippen LogP) is 15.0. The lowest BCUT2D eigenvalue weighted by atomic mass is 10.1. The molecule has 0 bridgehead atoms. The summed E-state index contributed by atoms with van der Waals surface area (Å²) in [5.74, 6) is 0. The summed E-state index contributed by atoms with van der Waals surface area (Å²) in [5.41, 5.74) is 0. The van der Waals surface area contributed by atoms with E-state index in [1.54, 1.807) is 0 Å². The highest BCUT2D eigenvalue weighted by Gasteiger charge is 2.36. The molecule has 260 valence electrons. The Balaban J connectivity index is 4.82. The van der Waals surface area contributed by atoms with Crippen LogP contribution in [0.5, 0.6) is 0 Å². The highest BCUT2D eigenvalue weighted by Crippen LogP contribution is 2.28. The number of hydrogen-bond donors (Lipinski definition) is 0. The van der Waals surface area contributed by atoms with Crippen LogP contribution in [-0.2, 0) is 8.85 Å². The summed E-state index contributed by atoms with van der Waals surface area (Å²) in [4.78, 5) is 0. The Bertz CT molecular complexity index is 453. The molecule has 3 heteroatoms. The van der Waals surface area contributed by atoms with E-state index in [-0.39, 0.29) is 0 Å². The molecular weight excluding hydrogens is 541 g/mol. The standard InChI is InChI=1S/C40H84O2Si/c1-5-9-13-17-21-25-29-33-37-41-43(39-35-31-27-23-19-15-11-7-3,40-36-32-28-24-20-16-12-8-4)42-38-34-30-26-22-18-14-10-6-2/h5-40H2,1-4H3. The Morgan fingerprint density at radius 2 is 0.465 bits per heavy atom. The zero-order valence-corrected chi connectivity index (χ0v) is 31.8.